The summed E-state index contributed by atoms with van der Waals surface area (Å²) >= 11 is 0. The molecule has 0 bridgehead atoms. The summed E-state index contributed by atoms with van der Waals surface area (Å²) in [6.45, 7) is 2.42. The highest BCUT2D eigenvalue weighted by Gasteiger charge is 2.53. The maximum Gasteiger partial charge on any atom is 0.332 e. The smallest absolute Gasteiger partial charge is 0.332 e. The molecular weight excluding hydrogens is 547 g/mol. The molecule has 2 aliphatic rings. The number of benzene rings is 4. The third-order valence-electron chi connectivity index (χ3n) is 8.05. The molecule has 1 unspecified atom stereocenters. The maximum absolute atomic E-state index is 14.3. The predicted octanol–water partition coefficient (Wildman–Crippen LogP) is 6.44. The van der Waals surface area contributed by atoms with Crippen LogP contribution in [0.3, 0.4) is 0 Å². The van der Waals surface area contributed by atoms with E-state index in [1.807, 2.05) is 31.2 Å². The van der Waals surface area contributed by atoms with Gasteiger partial charge in [-0.2, -0.15) is 0 Å². The molecule has 3 heterocycles. The normalized spacial score (nSPS) is 17.6. The number of amides is 4. The van der Waals surface area contributed by atoms with Gasteiger partial charge < -0.3 is 15.0 Å². The van der Waals surface area contributed by atoms with Crippen molar-refractivity contribution in [2.45, 2.75) is 25.4 Å². The van der Waals surface area contributed by atoms with Gasteiger partial charge >= 0.3 is 6.03 Å². The van der Waals surface area contributed by atoms with E-state index in [4.69, 9.17) is 4.74 Å². The third-order valence-corrected chi connectivity index (χ3v) is 8.05. The summed E-state index contributed by atoms with van der Waals surface area (Å²) < 4.78 is 19.4. The Balaban J connectivity index is 1.27. The summed E-state index contributed by atoms with van der Waals surface area (Å²) in [6, 6.07) is 25.3. The fourth-order valence-corrected chi connectivity index (χ4v) is 6.15. The van der Waals surface area contributed by atoms with Crippen LogP contribution in [0.5, 0.6) is 5.75 Å². The first-order valence-electron chi connectivity index (χ1n) is 14.1. The zero-order valence-electron chi connectivity index (χ0n) is 23.2. The summed E-state index contributed by atoms with van der Waals surface area (Å²) in [5.41, 5.74) is 4.21. The van der Waals surface area contributed by atoms with Crippen molar-refractivity contribution in [3.8, 4) is 5.75 Å². The van der Waals surface area contributed by atoms with Crippen LogP contribution in [-0.4, -0.2) is 40.4 Å². The van der Waals surface area contributed by atoms with Crippen molar-refractivity contribution >= 4 is 40.1 Å². The second kappa shape index (κ2) is 10.4. The van der Waals surface area contributed by atoms with E-state index in [1.165, 1.54) is 12.1 Å². The maximum atomic E-state index is 14.3. The molecule has 0 spiro atoms. The van der Waals surface area contributed by atoms with Crippen LogP contribution in [0.15, 0.2) is 97.1 Å². The number of hydrogen-bond acceptors (Lipinski definition) is 4. The number of aromatic amines is 1. The van der Waals surface area contributed by atoms with Gasteiger partial charge in [-0.05, 0) is 72.6 Å². The van der Waals surface area contributed by atoms with Gasteiger partial charge in [0.2, 0.25) is 0 Å². The number of halogens is 1. The number of aromatic nitrogens is 1. The molecule has 0 aliphatic carbocycles. The van der Waals surface area contributed by atoms with Gasteiger partial charge in [0, 0.05) is 28.7 Å². The Kier molecular flexibility index (Phi) is 6.42. The molecule has 4 aromatic carbocycles. The molecule has 5 aromatic rings. The number of imide groups is 1. The van der Waals surface area contributed by atoms with Crippen molar-refractivity contribution in [1.29, 1.82) is 0 Å². The van der Waals surface area contributed by atoms with Crippen LogP contribution in [0.1, 0.15) is 40.1 Å². The first-order valence-corrected chi connectivity index (χ1v) is 14.1. The average Bonchev–Trinajstić information content (AvgIpc) is 3.51. The number of anilines is 2. The molecule has 2 atom stereocenters. The quantitative estimate of drug-likeness (QED) is 0.228. The molecule has 43 heavy (non-hydrogen) atoms. The first-order chi connectivity index (χ1) is 20.9. The highest BCUT2D eigenvalue weighted by atomic mass is 19.1. The molecular formula is C34H27FN4O4. The lowest BCUT2D eigenvalue weighted by atomic mass is 9.89. The summed E-state index contributed by atoms with van der Waals surface area (Å²) in [4.78, 5) is 48.0. The van der Waals surface area contributed by atoms with E-state index >= 15 is 0 Å². The van der Waals surface area contributed by atoms with Gasteiger partial charge in [0.25, 0.3) is 11.8 Å². The highest BCUT2D eigenvalue weighted by molar-refractivity contribution is 6.24. The van der Waals surface area contributed by atoms with Crippen LogP contribution < -0.4 is 15.0 Å². The van der Waals surface area contributed by atoms with Gasteiger partial charge in [-0.25, -0.2) is 14.1 Å². The number of fused-ring (bicyclic) bond motifs is 4. The lowest BCUT2D eigenvalue weighted by molar-refractivity contribution is -0.120. The number of urea groups is 1. The van der Waals surface area contributed by atoms with E-state index in [0.29, 0.717) is 30.0 Å². The van der Waals surface area contributed by atoms with Crippen molar-refractivity contribution in [3.63, 3.8) is 0 Å². The van der Waals surface area contributed by atoms with Crippen LogP contribution in [-0.2, 0) is 11.2 Å². The molecule has 8 nitrogen and oxygen atoms in total. The zero-order valence-corrected chi connectivity index (χ0v) is 23.2. The Morgan fingerprint density at radius 1 is 0.953 bits per heavy atom. The summed E-state index contributed by atoms with van der Waals surface area (Å²) in [5, 5.41) is 3.83. The topological polar surface area (TPSA) is 94.7 Å². The number of rotatable bonds is 6. The Labute approximate surface area is 246 Å². The molecule has 214 valence electrons. The van der Waals surface area contributed by atoms with E-state index in [0.717, 1.165) is 27.1 Å². The molecule has 2 aliphatic heterocycles. The van der Waals surface area contributed by atoms with Crippen molar-refractivity contribution in [2.24, 2.45) is 0 Å². The van der Waals surface area contributed by atoms with Crippen molar-refractivity contribution in [2.75, 3.05) is 16.8 Å². The van der Waals surface area contributed by atoms with Gasteiger partial charge in [0.15, 0.2) is 0 Å². The van der Waals surface area contributed by atoms with E-state index in [-0.39, 0.29) is 11.3 Å². The first kappa shape index (κ1) is 26.5. The standard InChI is InChI=1S/C34H27FN4O4/c1-2-43-23-17-15-22(16-18-23)36-32(40)25-8-4-6-10-28(25)39-33(41)29-19-26-24-7-3-5-9-27(24)37-30(26)31(38(29)34(39)42)20-11-13-21(35)14-12-20/h3-18,29,31,37H,2,19H2,1H3,(H,36,40)/t29-,31?/m0/s1. The largest absolute Gasteiger partial charge is 0.494 e. The number of para-hydroxylation sites is 2. The number of nitrogens with zero attached hydrogens (tertiary/aromatic N) is 2. The highest BCUT2D eigenvalue weighted by Crippen LogP contribution is 2.45. The van der Waals surface area contributed by atoms with E-state index < -0.39 is 35.7 Å². The molecule has 1 fully saturated rings. The predicted molar refractivity (Wildman–Crippen MR) is 161 cm³/mol. The van der Waals surface area contributed by atoms with Crippen LogP contribution in [0.4, 0.5) is 20.6 Å². The summed E-state index contributed by atoms with van der Waals surface area (Å²) in [7, 11) is 0. The molecule has 1 aromatic heterocycles. The monoisotopic (exact) mass is 574 g/mol. The lowest BCUT2D eigenvalue weighted by Crippen LogP contribution is -2.44. The zero-order chi connectivity index (χ0) is 29.7. The van der Waals surface area contributed by atoms with E-state index in [1.54, 1.807) is 65.6 Å². The Morgan fingerprint density at radius 3 is 2.44 bits per heavy atom. The van der Waals surface area contributed by atoms with Crippen LogP contribution in [0.25, 0.3) is 10.9 Å². The molecule has 0 radical (unpaired) electrons. The van der Waals surface area contributed by atoms with Crippen molar-refractivity contribution in [3.05, 3.63) is 125 Å². The minimum atomic E-state index is -0.809. The second-order valence-electron chi connectivity index (χ2n) is 10.5. The Morgan fingerprint density at radius 2 is 1.67 bits per heavy atom. The SMILES string of the molecule is CCOc1ccc(NC(=O)c2ccccc2N2C(=O)[C@@H]3Cc4c([nH]c5ccccc45)C(c4ccc(F)cc4)N3C2=O)cc1. The lowest BCUT2D eigenvalue weighted by Gasteiger charge is -2.36. The van der Waals surface area contributed by atoms with E-state index in [2.05, 4.69) is 10.3 Å². The van der Waals surface area contributed by atoms with Gasteiger partial charge in [-0.15, -0.1) is 0 Å². The fraction of sp³-hybridized carbons (Fsp3) is 0.147. The van der Waals surface area contributed by atoms with Crippen LogP contribution in [0, 0.1) is 5.82 Å². The number of ether oxygens (including phenoxy) is 1. The van der Waals surface area contributed by atoms with Crippen LogP contribution >= 0.6 is 0 Å². The average molecular weight is 575 g/mol. The van der Waals surface area contributed by atoms with Gasteiger partial charge in [0.1, 0.15) is 23.7 Å². The third kappa shape index (κ3) is 4.41. The molecule has 4 amide bonds. The number of H-pyrrole nitrogens is 1. The fourth-order valence-electron chi connectivity index (χ4n) is 6.15. The number of nitrogens with one attached hydrogen (secondary N) is 2. The minimum absolute atomic E-state index is 0.181. The number of hydrogen-bond donors (Lipinski definition) is 2. The summed E-state index contributed by atoms with van der Waals surface area (Å²) in [5.74, 6) is -0.601. The van der Waals surface area contributed by atoms with Gasteiger partial charge in [-0.3, -0.25) is 14.5 Å². The number of carbonyl (C=O) groups excluding carboxylic acids is 3. The van der Waals surface area contributed by atoms with E-state index in [9.17, 15) is 18.8 Å². The molecule has 2 N–H and O–H groups in total. The minimum Gasteiger partial charge on any atom is -0.494 e. The Hall–Kier alpha value is -5.44. The molecule has 0 saturated carbocycles. The number of carbonyl (C=O) groups is 3. The summed E-state index contributed by atoms with van der Waals surface area (Å²) in [6.07, 6.45) is 0.304. The second-order valence-corrected chi connectivity index (χ2v) is 10.5. The van der Waals surface area contributed by atoms with Gasteiger partial charge in [0.05, 0.1) is 17.9 Å². The molecule has 7 rings (SSSR count). The molecule has 1 saturated heterocycles. The van der Waals surface area contributed by atoms with Gasteiger partial charge in [-0.1, -0.05) is 42.5 Å². The van der Waals surface area contributed by atoms with Crippen LogP contribution in [0.2, 0.25) is 0 Å². The van der Waals surface area contributed by atoms with Crippen molar-refractivity contribution in [1.82, 2.24) is 9.88 Å². The van der Waals surface area contributed by atoms with Crippen molar-refractivity contribution < 1.29 is 23.5 Å². The molecule has 9 heteroatoms. The Bertz CT molecular complexity index is 1880.